The second-order valence-electron chi connectivity index (χ2n) is 7.88. The Labute approximate surface area is 188 Å². The van der Waals surface area contributed by atoms with Crippen LogP contribution in [0.2, 0.25) is 0 Å². The predicted octanol–water partition coefficient (Wildman–Crippen LogP) is 4.67. The zero-order valence-electron chi connectivity index (χ0n) is 17.5. The number of nitrogens with zero attached hydrogens (tertiary/aromatic N) is 3. The minimum atomic E-state index is -4.71. The Hall–Kier alpha value is -3.18. The predicted molar refractivity (Wildman–Crippen MR) is 118 cm³/mol. The van der Waals surface area contributed by atoms with Crippen LogP contribution < -0.4 is 4.90 Å². The number of nitro groups is 1. The number of fused-ring (bicyclic) bond motifs is 1. The molecule has 0 saturated carbocycles. The Bertz CT molecular complexity index is 1330. The van der Waals surface area contributed by atoms with Crippen LogP contribution in [-0.2, 0) is 16.2 Å². The quantitative estimate of drug-likeness (QED) is 0.401. The number of sulfonamides is 1. The first-order chi connectivity index (χ1) is 15.5. The first-order valence-electron chi connectivity index (χ1n) is 10.1. The molecule has 0 radical (unpaired) electrons. The molecule has 1 aliphatic rings. The van der Waals surface area contributed by atoms with Crippen molar-refractivity contribution in [1.82, 2.24) is 4.31 Å². The molecule has 0 aliphatic carbocycles. The van der Waals surface area contributed by atoms with E-state index in [-0.39, 0.29) is 30.2 Å². The van der Waals surface area contributed by atoms with Crippen molar-refractivity contribution in [3.8, 4) is 0 Å². The van der Waals surface area contributed by atoms with E-state index in [4.69, 9.17) is 0 Å². The summed E-state index contributed by atoms with van der Waals surface area (Å²) in [5.74, 6) is 0. The molecule has 1 fully saturated rings. The Balaban J connectivity index is 1.60. The van der Waals surface area contributed by atoms with Crippen molar-refractivity contribution in [2.45, 2.75) is 24.0 Å². The number of alkyl halides is 3. The number of rotatable bonds is 4. The van der Waals surface area contributed by atoms with Gasteiger partial charge in [0.15, 0.2) is 0 Å². The average molecular weight is 479 g/mol. The van der Waals surface area contributed by atoms with Gasteiger partial charge in [0.25, 0.3) is 5.69 Å². The van der Waals surface area contributed by atoms with Crippen molar-refractivity contribution in [3.05, 3.63) is 76.3 Å². The highest BCUT2D eigenvalue weighted by Crippen LogP contribution is 2.37. The van der Waals surface area contributed by atoms with E-state index < -0.39 is 38.4 Å². The van der Waals surface area contributed by atoms with Gasteiger partial charge in [0.1, 0.15) is 5.69 Å². The van der Waals surface area contributed by atoms with Gasteiger partial charge in [0, 0.05) is 31.7 Å². The number of anilines is 1. The van der Waals surface area contributed by atoms with Crippen molar-refractivity contribution in [2.24, 2.45) is 0 Å². The highest BCUT2D eigenvalue weighted by atomic mass is 32.2. The molecule has 11 heteroatoms. The third kappa shape index (κ3) is 4.38. The van der Waals surface area contributed by atoms with Gasteiger partial charge in [-0.15, -0.1) is 0 Å². The molecule has 33 heavy (non-hydrogen) atoms. The van der Waals surface area contributed by atoms with Gasteiger partial charge in [-0.1, -0.05) is 30.3 Å². The van der Waals surface area contributed by atoms with Gasteiger partial charge < -0.3 is 4.90 Å². The molecule has 0 unspecified atom stereocenters. The van der Waals surface area contributed by atoms with Crippen molar-refractivity contribution < 1.29 is 26.5 Å². The Morgan fingerprint density at radius 1 is 1.00 bits per heavy atom. The second-order valence-corrected chi connectivity index (χ2v) is 9.77. The number of halogens is 3. The number of hydrogen-bond acceptors (Lipinski definition) is 5. The maximum absolute atomic E-state index is 13.3. The molecule has 7 nitrogen and oxygen atoms in total. The first kappa shape index (κ1) is 23.0. The monoisotopic (exact) mass is 479 g/mol. The third-order valence-corrected chi connectivity index (χ3v) is 7.74. The molecule has 3 aromatic carbocycles. The average Bonchev–Trinajstić information content (AvgIpc) is 2.77. The topological polar surface area (TPSA) is 83.8 Å². The maximum Gasteiger partial charge on any atom is 0.416 e. The lowest BCUT2D eigenvalue weighted by molar-refractivity contribution is -0.384. The summed E-state index contributed by atoms with van der Waals surface area (Å²) in [7, 11) is -3.84. The fourth-order valence-electron chi connectivity index (χ4n) is 4.09. The summed E-state index contributed by atoms with van der Waals surface area (Å²) < 4.78 is 66.9. The molecule has 0 bridgehead atoms. The van der Waals surface area contributed by atoms with Crippen LogP contribution in [0, 0.1) is 10.1 Å². The van der Waals surface area contributed by atoms with Crippen LogP contribution >= 0.6 is 0 Å². The lowest BCUT2D eigenvalue weighted by Gasteiger charge is -2.39. The first-order valence-corrected chi connectivity index (χ1v) is 11.5. The van der Waals surface area contributed by atoms with Crippen LogP contribution in [0.25, 0.3) is 10.8 Å². The molecule has 1 heterocycles. The van der Waals surface area contributed by atoms with Crippen LogP contribution in [0.3, 0.4) is 0 Å². The van der Waals surface area contributed by atoms with Crippen LogP contribution in [0.5, 0.6) is 0 Å². The molecule has 0 spiro atoms. The van der Waals surface area contributed by atoms with Crippen molar-refractivity contribution >= 4 is 32.2 Å². The SMILES string of the molecule is C[C@@H]1CN(c2ccc(C(F)(F)F)cc2[N+](=O)[O-])CCN1S(=O)(=O)c1ccc2ccccc2c1. The zero-order valence-corrected chi connectivity index (χ0v) is 18.3. The van der Waals surface area contributed by atoms with Crippen LogP contribution in [0.4, 0.5) is 24.5 Å². The zero-order chi connectivity index (χ0) is 24.0. The molecular formula is C22H20F3N3O4S. The Kier molecular flexibility index (Phi) is 5.79. The molecule has 174 valence electrons. The van der Waals surface area contributed by atoms with Crippen molar-refractivity contribution in [2.75, 3.05) is 24.5 Å². The summed E-state index contributed by atoms with van der Waals surface area (Å²) in [6.45, 7) is 1.90. The largest absolute Gasteiger partial charge is 0.416 e. The van der Waals surface area contributed by atoms with E-state index in [0.717, 1.165) is 22.9 Å². The number of piperazine rings is 1. The van der Waals surface area contributed by atoms with Gasteiger partial charge >= 0.3 is 6.18 Å². The summed E-state index contributed by atoms with van der Waals surface area (Å²) in [5, 5.41) is 13.1. The van der Waals surface area contributed by atoms with E-state index in [2.05, 4.69) is 0 Å². The van der Waals surface area contributed by atoms with Crippen molar-refractivity contribution in [3.63, 3.8) is 0 Å². The second kappa shape index (κ2) is 8.31. The normalized spacial score (nSPS) is 17.9. The molecule has 0 N–H and O–H groups in total. The maximum atomic E-state index is 13.3. The number of benzene rings is 3. The standard InChI is InChI=1S/C22H20F3N3O4S/c1-15-14-26(20-9-7-18(22(23,24)25)13-21(20)28(29)30)10-11-27(15)33(31,32)19-8-6-16-4-2-3-5-17(16)12-19/h2-9,12-13,15H,10-11,14H2,1H3/t15-/m1/s1. The third-order valence-electron chi connectivity index (χ3n) is 5.73. The van der Waals surface area contributed by atoms with E-state index in [1.54, 1.807) is 24.0 Å². The molecule has 0 amide bonds. The van der Waals surface area contributed by atoms with Gasteiger partial charge in [-0.2, -0.15) is 17.5 Å². The summed E-state index contributed by atoms with van der Waals surface area (Å²) in [4.78, 5) is 12.3. The summed E-state index contributed by atoms with van der Waals surface area (Å²) in [6.07, 6.45) is -4.71. The molecular weight excluding hydrogens is 459 g/mol. The molecule has 3 aromatic rings. The minimum Gasteiger partial charge on any atom is -0.363 e. The molecule has 0 aromatic heterocycles. The molecule has 1 aliphatic heterocycles. The van der Waals surface area contributed by atoms with Gasteiger partial charge in [-0.25, -0.2) is 8.42 Å². The molecule has 1 atom stereocenters. The van der Waals surface area contributed by atoms with Gasteiger partial charge in [-0.05, 0) is 42.0 Å². The fourth-order valence-corrected chi connectivity index (χ4v) is 5.74. The summed E-state index contributed by atoms with van der Waals surface area (Å²) in [5.41, 5.74) is -1.74. The fraction of sp³-hybridized carbons (Fsp3) is 0.273. The van der Waals surface area contributed by atoms with E-state index in [1.807, 2.05) is 24.3 Å². The summed E-state index contributed by atoms with van der Waals surface area (Å²) >= 11 is 0. The van der Waals surface area contributed by atoms with Crippen LogP contribution in [-0.4, -0.2) is 43.3 Å². The highest BCUT2D eigenvalue weighted by molar-refractivity contribution is 7.89. The van der Waals surface area contributed by atoms with Crippen LogP contribution in [0.1, 0.15) is 12.5 Å². The van der Waals surface area contributed by atoms with Gasteiger partial charge in [0.2, 0.25) is 10.0 Å². The Morgan fingerprint density at radius 2 is 1.70 bits per heavy atom. The van der Waals surface area contributed by atoms with Gasteiger partial charge in [-0.3, -0.25) is 10.1 Å². The molecule has 1 saturated heterocycles. The van der Waals surface area contributed by atoms with E-state index >= 15 is 0 Å². The van der Waals surface area contributed by atoms with Gasteiger partial charge in [0.05, 0.1) is 15.4 Å². The smallest absolute Gasteiger partial charge is 0.363 e. The Morgan fingerprint density at radius 3 is 2.33 bits per heavy atom. The summed E-state index contributed by atoms with van der Waals surface area (Å²) in [6, 6.07) is 14.1. The van der Waals surface area contributed by atoms with E-state index in [9.17, 15) is 31.7 Å². The minimum absolute atomic E-state index is 0.0302. The lowest BCUT2D eigenvalue weighted by atomic mass is 10.1. The molecule has 4 rings (SSSR count). The number of nitro benzene ring substituents is 1. The lowest BCUT2D eigenvalue weighted by Crippen LogP contribution is -2.54. The van der Waals surface area contributed by atoms with Crippen molar-refractivity contribution in [1.29, 1.82) is 0 Å². The van der Waals surface area contributed by atoms with E-state index in [0.29, 0.717) is 6.07 Å². The van der Waals surface area contributed by atoms with E-state index in [1.165, 1.54) is 10.4 Å². The highest BCUT2D eigenvalue weighted by Gasteiger charge is 2.37. The number of hydrogen-bond donors (Lipinski definition) is 0. The van der Waals surface area contributed by atoms with Crippen LogP contribution in [0.15, 0.2) is 65.6 Å².